The molecule has 7 heteroatoms. The lowest BCUT2D eigenvalue weighted by atomic mass is 10.2. The molecule has 0 saturated carbocycles. The molecule has 1 heterocycles. The van der Waals surface area contributed by atoms with Crippen LogP contribution in [-0.4, -0.2) is 16.7 Å². The maximum absolute atomic E-state index is 12.4. The molecular formula is C16H12Cl2N2OS2. The third kappa shape index (κ3) is 3.19. The van der Waals surface area contributed by atoms with Gasteiger partial charge in [0.05, 0.1) is 20.3 Å². The van der Waals surface area contributed by atoms with Crippen molar-refractivity contribution in [2.45, 2.75) is 4.90 Å². The van der Waals surface area contributed by atoms with E-state index >= 15 is 0 Å². The molecule has 0 unspecified atom stereocenters. The second-order valence-corrected chi connectivity index (χ2v) is 7.47. The summed E-state index contributed by atoms with van der Waals surface area (Å²) >= 11 is 15.4. The van der Waals surface area contributed by atoms with Crippen LogP contribution in [0.4, 0.5) is 0 Å². The Balaban J connectivity index is 2.08. The molecule has 0 aliphatic rings. The summed E-state index contributed by atoms with van der Waals surface area (Å²) in [5.41, 5.74) is 1.35. The van der Waals surface area contributed by atoms with Gasteiger partial charge in [0.1, 0.15) is 0 Å². The van der Waals surface area contributed by atoms with Crippen LogP contribution in [0, 0.1) is 0 Å². The second-order valence-electron chi connectivity index (χ2n) is 4.80. The first kappa shape index (κ1) is 16.6. The van der Waals surface area contributed by atoms with E-state index in [1.165, 1.54) is 11.3 Å². The van der Waals surface area contributed by atoms with Crippen LogP contribution in [0.5, 0.6) is 0 Å². The molecule has 3 aromatic rings. The van der Waals surface area contributed by atoms with Crippen molar-refractivity contribution in [3.63, 3.8) is 0 Å². The van der Waals surface area contributed by atoms with Crippen molar-refractivity contribution >= 4 is 62.4 Å². The monoisotopic (exact) mass is 382 g/mol. The number of aromatic nitrogens is 1. The summed E-state index contributed by atoms with van der Waals surface area (Å²) in [6.07, 6.45) is 1.99. The zero-order valence-corrected chi connectivity index (χ0v) is 15.5. The summed E-state index contributed by atoms with van der Waals surface area (Å²) in [4.78, 5) is 18.3. The van der Waals surface area contributed by atoms with Crippen molar-refractivity contribution in [1.29, 1.82) is 0 Å². The molecule has 0 fully saturated rings. The van der Waals surface area contributed by atoms with Gasteiger partial charge in [0, 0.05) is 17.5 Å². The van der Waals surface area contributed by atoms with Crippen molar-refractivity contribution in [2.75, 3.05) is 6.26 Å². The number of fused-ring (bicyclic) bond motifs is 1. The van der Waals surface area contributed by atoms with Gasteiger partial charge in [0.15, 0.2) is 4.80 Å². The summed E-state index contributed by atoms with van der Waals surface area (Å²) in [6, 6.07) is 11.0. The third-order valence-electron chi connectivity index (χ3n) is 3.39. The molecule has 0 radical (unpaired) electrons. The summed E-state index contributed by atoms with van der Waals surface area (Å²) < 4.78 is 2.73. The van der Waals surface area contributed by atoms with E-state index in [-0.39, 0.29) is 5.91 Å². The zero-order valence-electron chi connectivity index (χ0n) is 12.3. The Kier molecular flexibility index (Phi) is 4.82. The Labute approximate surface area is 151 Å². The van der Waals surface area contributed by atoms with Crippen molar-refractivity contribution in [1.82, 2.24) is 4.57 Å². The largest absolute Gasteiger partial charge is 0.318 e. The van der Waals surface area contributed by atoms with Crippen LogP contribution in [0.1, 0.15) is 10.4 Å². The molecule has 1 amide bonds. The normalized spacial score (nSPS) is 12.1. The van der Waals surface area contributed by atoms with Gasteiger partial charge in [-0.25, -0.2) is 0 Å². The average Bonchev–Trinajstić information content (AvgIpc) is 2.88. The molecule has 0 bridgehead atoms. The van der Waals surface area contributed by atoms with Gasteiger partial charge in [-0.1, -0.05) is 34.5 Å². The lowest BCUT2D eigenvalue weighted by molar-refractivity contribution is 0.0998. The summed E-state index contributed by atoms with van der Waals surface area (Å²) in [6.45, 7) is 0. The Morgan fingerprint density at radius 2 is 1.87 bits per heavy atom. The van der Waals surface area contributed by atoms with Crippen LogP contribution in [0.3, 0.4) is 0 Å². The number of carbonyl (C=O) groups is 1. The zero-order chi connectivity index (χ0) is 16.6. The van der Waals surface area contributed by atoms with Gasteiger partial charge in [0.25, 0.3) is 5.91 Å². The minimum absolute atomic E-state index is 0.276. The number of nitrogens with zero attached hydrogens (tertiary/aromatic N) is 2. The van der Waals surface area contributed by atoms with Gasteiger partial charge in [-0.2, -0.15) is 4.99 Å². The van der Waals surface area contributed by atoms with Crippen LogP contribution in [0.25, 0.3) is 10.2 Å². The topological polar surface area (TPSA) is 34.4 Å². The standard InChI is InChI=1S/C16H12Cl2N2OS2/c1-20-14-12(8-7-11(17)13(14)18)23-16(20)19-15(21)9-3-5-10(22-2)6-4-9/h3-8H,1-2H3. The van der Waals surface area contributed by atoms with Gasteiger partial charge >= 0.3 is 0 Å². The Hall–Kier alpha value is -1.27. The number of aryl methyl sites for hydroxylation is 1. The van der Waals surface area contributed by atoms with Gasteiger partial charge in [-0.15, -0.1) is 11.8 Å². The maximum atomic E-state index is 12.4. The minimum atomic E-state index is -0.276. The number of benzene rings is 2. The molecule has 3 nitrogen and oxygen atoms in total. The molecule has 0 aliphatic carbocycles. The van der Waals surface area contributed by atoms with Gasteiger partial charge in [0.2, 0.25) is 0 Å². The number of thiazole rings is 1. The van der Waals surface area contributed by atoms with Crippen LogP contribution >= 0.6 is 46.3 Å². The number of hydrogen-bond acceptors (Lipinski definition) is 3. The molecule has 0 aliphatic heterocycles. The SMILES string of the molecule is CSc1ccc(C(=O)N=c2sc3ccc(Cl)c(Cl)c3n2C)cc1. The second kappa shape index (κ2) is 6.69. The third-order valence-corrected chi connectivity index (χ3v) is 6.02. The van der Waals surface area contributed by atoms with E-state index in [0.717, 1.165) is 15.1 Å². The van der Waals surface area contributed by atoms with E-state index in [1.807, 2.05) is 31.5 Å². The molecule has 1 aromatic heterocycles. The number of hydrogen-bond donors (Lipinski definition) is 0. The lowest BCUT2D eigenvalue weighted by Gasteiger charge is -2.00. The van der Waals surface area contributed by atoms with E-state index in [1.54, 1.807) is 34.5 Å². The Morgan fingerprint density at radius 3 is 2.52 bits per heavy atom. The number of halogens is 2. The molecule has 0 saturated heterocycles. The number of rotatable bonds is 2. The fourth-order valence-corrected chi connectivity index (χ4v) is 4.10. The van der Waals surface area contributed by atoms with Crippen LogP contribution in [0.2, 0.25) is 10.0 Å². The van der Waals surface area contributed by atoms with Crippen molar-refractivity contribution in [3.8, 4) is 0 Å². The molecule has 118 valence electrons. The highest BCUT2D eigenvalue weighted by Gasteiger charge is 2.11. The van der Waals surface area contributed by atoms with E-state index in [9.17, 15) is 4.79 Å². The average molecular weight is 383 g/mol. The Morgan fingerprint density at radius 1 is 1.17 bits per heavy atom. The van der Waals surface area contributed by atoms with Gasteiger partial charge in [-0.05, 0) is 42.7 Å². The van der Waals surface area contributed by atoms with Crippen LogP contribution in [-0.2, 0) is 7.05 Å². The van der Waals surface area contributed by atoms with E-state index < -0.39 is 0 Å². The smallest absolute Gasteiger partial charge is 0.279 e. The first-order valence-electron chi connectivity index (χ1n) is 6.68. The highest BCUT2D eigenvalue weighted by Crippen LogP contribution is 2.31. The van der Waals surface area contributed by atoms with Gasteiger partial charge < -0.3 is 4.57 Å². The van der Waals surface area contributed by atoms with Crippen molar-refractivity contribution in [2.24, 2.45) is 12.0 Å². The number of thioether (sulfide) groups is 1. The lowest BCUT2D eigenvalue weighted by Crippen LogP contribution is -2.13. The van der Waals surface area contributed by atoms with E-state index in [0.29, 0.717) is 20.4 Å². The maximum Gasteiger partial charge on any atom is 0.279 e. The van der Waals surface area contributed by atoms with Crippen molar-refractivity contribution < 1.29 is 4.79 Å². The summed E-state index contributed by atoms with van der Waals surface area (Å²) in [7, 11) is 1.82. The van der Waals surface area contributed by atoms with Crippen LogP contribution in [0.15, 0.2) is 46.3 Å². The fraction of sp³-hybridized carbons (Fsp3) is 0.125. The predicted octanol–water partition coefficient (Wildman–Crippen LogP) is 5.01. The molecule has 0 atom stereocenters. The van der Waals surface area contributed by atoms with E-state index in [4.69, 9.17) is 23.2 Å². The molecule has 0 spiro atoms. The first-order valence-corrected chi connectivity index (χ1v) is 9.47. The highest BCUT2D eigenvalue weighted by molar-refractivity contribution is 7.98. The molecular weight excluding hydrogens is 371 g/mol. The van der Waals surface area contributed by atoms with Crippen molar-refractivity contribution in [3.05, 3.63) is 56.8 Å². The molecule has 23 heavy (non-hydrogen) atoms. The predicted molar refractivity (Wildman–Crippen MR) is 98.9 cm³/mol. The van der Waals surface area contributed by atoms with Gasteiger partial charge in [-0.3, -0.25) is 4.79 Å². The van der Waals surface area contributed by atoms with Crippen LogP contribution < -0.4 is 4.80 Å². The number of carbonyl (C=O) groups excluding carboxylic acids is 1. The minimum Gasteiger partial charge on any atom is -0.318 e. The first-order chi connectivity index (χ1) is 11.0. The molecule has 0 N–H and O–H groups in total. The fourth-order valence-electron chi connectivity index (χ4n) is 2.16. The summed E-state index contributed by atoms with van der Waals surface area (Å²) in [5, 5.41) is 0.958. The quantitative estimate of drug-likeness (QED) is 0.583. The molecule has 2 aromatic carbocycles. The Bertz CT molecular complexity index is 959. The van der Waals surface area contributed by atoms with E-state index in [2.05, 4.69) is 4.99 Å². The summed E-state index contributed by atoms with van der Waals surface area (Å²) in [5.74, 6) is -0.276. The molecule has 3 rings (SSSR count). The highest BCUT2D eigenvalue weighted by atomic mass is 35.5. The number of amides is 1.